The van der Waals surface area contributed by atoms with Crippen LogP contribution in [0.4, 0.5) is 10.5 Å². The number of anilines is 1. The topological polar surface area (TPSA) is 87.7 Å². The largest absolute Gasteiger partial charge is 0.444 e. The van der Waals surface area contributed by atoms with E-state index in [0.717, 1.165) is 33.5 Å². The van der Waals surface area contributed by atoms with Crippen molar-refractivity contribution >= 4 is 23.6 Å². The van der Waals surface area contributed by atoms with E-state index in [0.29, 0.717) is 19.4 Å². The number of carbonyl (C=O) groups is 3. The Morgan fingerprint density at radius 2 is 1.49 bits per heavy atom. The van der Waals surface area contributed by atoms with Crippen LogP contribution in [0.5, 0.6) is 0 Å². The zero-order valence-electron chi connectivity index (χ0n) is 25.4. The summed E-state index contributed by atoms with van der Waals surface area (Å²) in [7, 11) is 0. The van der Waals surface area contributed by atoms with Crippen LogP contribution < -0.4 is 10.6 Å². The van der Waals surface area contributed by atoms with E-state index >= 15 is 0 Å². The number of rotatable bonds is 10. The molecule has 7 heteroatoms. The fraction of sp³-hybridized carbons (Fsp3) is 0.531. The van der Waals surface area contributed by atoms with Gasteiger partial charge in [-0.05, 0) is 88.6 Å². The molecule has 2 rings (SSSR count). The molecule has 0 aromatic heterocycles. The first-order chi connectivity index (χ1) is 18.2. The van der Waals surface area contributed by atoms with E-state index in [1.165, 1.54) is 0 Å². The summed E-state index contributed by atoms with van der Waals surface area (Å²) < 4.78 is 5.49. The van der Waals surface area contributed by atoms with Crippen molar-refractivity contribution in [2.45, 2.75) is 99.8 Å². The molecule has 3 unspecified atom stereocenters. The van der Waals surface area contributed by atoms with Crippen LogP contribution in [-0.2, 0) is 14.3 Å². The van der Waals surface area contributed by atoms with E-state index in [9.17, 15) is 14.4 Å². The molecule has 214 valence electrons. The summed E-state index contributed by atoms with van der Waals surface area (Å²) in [5, 5.41) is 5.94. The molecule has 2 aromatic carbocycles. The number of nitrogens with one attached hydrogen (secondary N) is 2. The lowest BCUT2D eigenvalue weighted by Crippen LogP contribution is -2.55. The highest BCUT2D eigenvalue weighted by atomic mass is 16.6. The molecule has 0 aliphatic carbocycles. The predicted octanol–water partition coefficient (Wildman–Crippen LogP) is 6.78. The molecule has 2 aromatic rings. The molecule has 0 saturated carbocycles. The number of nitrogens with zero attached hydrogens (tertiary/aromatic N) is 1. The molecule has 0 radical (unpaired) electrons. The Morgan fingerprint density at radius 3 is 2.03 bits per heavy atom. The second-order valence-corrected chi connectivity index (χ2v) is 11.5. The molecule has 3 atom stereocenters. The van der Waals surface area contributed by atoms with E-state index in [1.807, 2.05) is 84.9 Å². The van der Waals surface area contributed by atoms with Gasteiger partial charge in [-0.25, -0.2) is 4.79 Å². The van der Waals surface area contributed by atoms with Crippen molar-refractivity contribution in [2.24, 2.45) is 5.92 Å². The molecule has 0 aliphatic heterocycles. The van der Waals surface area contributed by atoms with Crippen molar-refractivity contribution in [3.63, 3.8) is 0 Å². The van der Waals surface area contributed by atoms with Crippen molar-refractivity contribution in [1.29, 1.82) is 0 Å². The molecular formula is C32H47N3O4. The number of alkyl carbamates (subject to hydrolysis) is 1. The number of benzene rings is 2. The van der Waals surface area contributed by atoms with Crippen LogP contribution in [0.15, 0.2) is 36.4 Å². The first-order valence-corrected chi connectivity index (χ1v) is 13.9. The fourth-order valence-electron chi connectivity index (χ4n) is 4.63. The van der Waals surface area contributed by atoms with E-state index in [4.69, 9.17) is 4.74 Å². The standard InChI is InChI=1S/C32H47N3O4/c1-11-19-35(30(37)27(20(3)12-2)34-31(38)39-32(8,9)10)28(25-18-14-15-21(4)24(25)7)29(36)33-26-22(5)16-13-17-23(26)6/h13-18,20,27-28H,11-12,19H2,1-10H3,(H,33,36)(H,34,38). The molecule has 39 heavy (non-hydrogen) atoms. The van der Waals surface area contributed by atoms with Crippen molar-refractivity contribution in [3.8, 4) is 0 Å². The summed E-state index contributed by atoms with van der Waals surface area (Å²) in [6, 6.07) is 9.94. The highest BCUT2D eigenvalue weighted by Crippen LogP contribution is 2.31. The van der Waals surface area contributed by atoms with E-state index in [2.05, 4.69) is 10.6 Å². The summed E-state index contributed by atoms with van der Waals surface area (Å²) in [4.78, 5) is 42.9. The third-order valence-electron chi connectivity index (χ3n) is 7.13. The molecule has 2 N–H and O–H groups in total. The molecule has 0 spiro atoms. The number of ether oxygens (including phenoxy) is 1. The quantitative estimate of drug-likeness (QED) is 0.350. The van der Waals surface area contributed by atoms with Gasteiger partial charge in [0.25, 0.3) is 5.91 Å². The smallest absolute Gasteiger partial charge is 0.408 e. The first kappa shape index (κ1) is 31.9. The maximum atomic E-state index is 14.3. The minimum absolute atomic E-state index is 0.176. The summed E-state index contributed by atoms with van der Waals surface area (Å²) in [5.74, 6) is -0.770. The highest BCUT2D eigenvalue weighted by molar-refractivity contribution is 6.00. The molecule has 0 saturated heterocycles. The number of amides is 3. The zero-order valence-corrected chi connectivity index (χ0v) is 25.4. The second-order valence-electron chi connectivity index (χ2n) is 11.5. The lowest BCUT2D eigenvalue weighted by atomic mass is 9.92. The molecule has 0 bridgehead atoms. The zero-order chi connectivity index (χ0) is 29.5. The fourth-order valence-corrected chi connectivity index (χ4v) is 4.63. The van der Waals surface area contributed by atoms with Crippen molar-refractivity contribution in [1.82, 2.24) is 10.2 Å². The summed E-state index contributed by atoms with van der Waals surface area (Å²) in [5.41, 5.74) is 4.68. The Labute approximate surface area is 234 Å². The molecule has 7 nitrogen and oxygen atoms in total. The van der Waals surface area contributed by atoms with Crippen molar-refractivity contribution < 1.29 is 19.1 Å². The monoisotopic (exact) mass is 537 g/mol. The van der Waals surface area contributed by atoms with E-state index in [1.54, 1.807) is 25.7 Å². The van der Waals surface area contributed by atoms with Gasteiger partial charge in [-0.2, -0.15) is 0 Å². The Morgan fingerprint density at radius 1 is 0.923 bits per heavy atom. The van der Waals surface area contributed by atoms with Gasteiger partial charge in [-0.15, -0.1) is 0 Å². The van der Waals surface area contributed by atoms with Gasteiger partial charge < -0.3 is 20.3 Å². The van der Waals surface area contributed by atoms with Gasteiger partial charge in [-0.3, -0.25) is 9.59 Å². The lowest BCUT2D eigenvalue weighted by molar-refractivity contribution is -0.142. The van der Waals surface area contributed by atoms with Crippen molar-refractivity contribution in [3.05, 3.63) is 64.2 Å². The summed E-state index contributed by atoms with van der Waals surface area (Å²) in [6.45, 7) is 19.4. The van der Waals surface area contributed by atoms with Gasteiger partial charge in [0.05, 0.1) is 0 Å². The van der Waals surface area contributed by atoms with Crippen LogP contribution in [0.25, 0.3) is 0 Å². The Balaban J connectivity index is 2.62. The Bertz CT molecular complexity index is 1150. The first-order valence-electron chi connectivity index (χ1n) is 13.9. The van der Waals surface area contributed by atoms with Gasteiger partial charge in [0.15, 0.2) is 0 Å². The van der Waals surface area contributed by atoms with Crippen LogP contribution in [0, 0.1) is 33.6 Å². The SMILES string of the molecule is CCCN(C(=O)C(NC(=O)OC(C)(C)C)C(C)CC)C(C(=O)Nc1c(C)cccc1C)c1cccc(C)c1C. The molecule has 0 heterocycles. The minimum atomic E-state index is -0.886. The van der Waals surface area contributed by atoms with E-state index in [-0.39, 0.29) is 17.7 Å². The average molecular weight is 538 g/mol. The molecule has 0 fully saturated rings. The molecule has 0 aliphatic rings. The third-order valence-corrected chi connectivity index (χ3v) is 7.13. The van der Waals surface area contributed by atoms with E-state index < -0.39 is 23.8 Å². The highest BCUT2D eigenvalue weighted by Gasteiger charge is 2.38. The number of para-hydroxylation sites is 1. The Hall–Kier alpha value is -3.35. The van der Waals surface area contributed by atoms with Crippen LogP contribution in [0.2, 0.25) is 0 Å². The number of hydrogen-bond acceptors (Lipinski definition) is 4. The van der Waals surface area contributed by atoms with Gasteiger partial charge in [0.1, 0.15) is 17.7 Å². The van der Waals surface area contributed by atoms with Crippen LogP contribution in [-0.4, -0.2) is 41.0 Å². The average Bonchev–Trinajstić information content (AvgIpc) is 2.85. The molecule has 3 amide bonds. The van der Waals surface area contributed by atoms with Gasteiger partial charge in [0.2, 0.25) is 5.91 Å². The van der Waals surface area contributed by atoms with Gasteiger partial charge >= 0.3 is 6.09 Å². The van der Waals surface area contributed by atoms with Crippen LogP contribution >= 0.6 is 0 Å². The summed E-state index contributed by atoms with van der Waals surface area (Å²) in [6.07, 6.45) is 0.652. The maximum absolute atomic E-state index is 14.3. The van der Waals surface area contributed by atoms with Crippen LogP contribution in [0.3, 0.4) is 0 Å². The third kappa shape index (κ3) is 8.32. The number of hydrogen-bond donors (Lipinski definition) is 2. The normalized spacial score (nSPS) is 13.7. The lowest BCUT2D eigenvalue weighted by Gasteiger charge is -2.36. The second kappa shape index (κ2) is 13.6. The maximum Gasteiger partial charge on any atom is 0.408 e. The Kier molecular flexibility index (Phi) is 11.1. The van der Waals surface area contributed by atoms with Crippen LogP contribution in [0.1, 0.15) is 88.2 Å². The number of aryl methyl sites for hydroxylation is 3. The molecular weight excluding hydrogens is 490 g/mol. The summed E-state index contributed by atoms with van der Waals surface area (Å²) >= 11 is 0. The number of carbonyl (C=O) groups excluding carboxylic acids is 3. The predicted molar refractivity (Wildman–Crippen MR) is 158 cm³/mol. The van der Waals surface area contributed by atoms with Crippen molar-refractivity contribution in [2.75, 3.05) is 11.9 Å². The minimum Gasteiger partial charge on any atom is -0.444 e. The van der Waals surface area contributed by atoms with Gasteiger partial charge in [0, 0.05) is 12.2 Å². The van der Waals surface area contributed by atoms with Gasteiger partial charge in [-0.1, -0.05) is 63.6 Å².